The molecule has 0 heterocycles. The second-order valence-electron chi connectivity index (χ2n) is 4.47. The Morgan fingerprint density at radius 2 is 1.94 bits per heavy atom. The van der Waals surface area contributed by atoms with Crippen molar-refractivity contribution in [1.29, 1.82) is 0 Å². The van der Waals surface area contributed by atoms with E-state index in [0.29, 0.717) is 6.04 Å². The van der Waals surface area contributed by atoms with Gasteiger partial charge in [0.15, 0.2) is 0 Å². The molecular weight excluding hydrogens is 198 g/mol. The third-order valence-corrected chi connectivity index (χ3v) is 2.83. The first-order valence-electron chi connectivity index (χ1n) is 6.02. The lowest BCUT2D eigenvalue weighted by molar-refractivity contribution is 0.294. The number of para-hydroxylation sites is 1. The summed E-state index contributed by atoms with van der Waals surface area (Å²) in [5.41, 5.74) is 1.30. The van der Waals surface area contributed by atoms with Crippen molar-refractivity contribution in [3.05, 3.63) is 29.8 Å². The molecule has 0 aromatic heterocycles. The zero-order valence-electron chi connectivity index (χ0n) is 10.9. The summed E-state index contributed by atoms with van der Waals surface area (Å²) in [6.07, 6.45) is 2.09. The third kappa shape index (κ3) is 3.86. The van der Waals surface area contributed by atoms with Gasteiger partial charge in [0.05, 0.1) is 6.61 Å². The van der Waals surface area contributed by atoms with E-state index in [2.05, 4.69) is 51.0 Å². The highest BCUT2D eigenvalue weighted by Crippen LogP contribution is 2.20. The molecule has 2 heteroatoms. The van der Waals surface area contributed by atoms with E-state index in [4.69, 9.17) is 4.74 Å². The van der Waals surface area contributed by atoms with Crippen LogP contribution in [0.15, 0.2) is 24.3 Å². The molecule has 1 unspecified atom stereocenters. The summed E-state index contributed by atoms with van der Waals surface area (Å²) in [7, 11) is 4.22. The lowest BCUT2D eigenvalue weighted by Gasteiger charge is -2.21. The van der Waals surface area contributed by atoms with Gasteiger partial charge in [-0.1, -0.05) is 25.1 Å². The Bertz CT molecular complexity index is 309. The van der Waals surface area contributed by atoms with Crippen LogP contribution < -0.4 is 4.74 Å². The Balaban J connectivity index is 2.70. The van der Waals surface area contributed by atoms with Gasteiger partial charge in [0.2, 0.25) is 0 Å². The molecular formula is C14H23NO. The van der Waals surface area contributed by atoms with Gasteiger partial charge in [-0.15, -0.1) is 0 Å². The monoisotopic (exact) mass is 221 g/mol. The summed E-state index contributed by atoms with van der Waals surface area (Å²) in [6.45, 7) is 5.16. The zero-order chi connectivity index (χ0) is 12.0. The molecule has 0 aliphatic rings. The largest absolute Gasteiger partial charge is 0.493 e. The van der Waals surface area contributed by atoms with Crippen LogP contribution >= 0.6 is 0 Å². The summed E-state index contributed by atoms with van der Waals surface area (Å²) < 4.78 is 5.75. The first-order valence-corrected chi connectivity index (χ1v) is 6.02. The predicted octanol–water partition coefficient (Wildman–Crippen LogP) is 2.97. The number of hydrogen-bond donors (Lipinski definition) is 0. The zero-order valence-corrected chi connectivity index (χ0v) is 10.9. The Morgan fingerprint density at radius 3 is 2.56 bits per heavy atom. The van der Waals surface area contributed by atoms with E-state index in [1.165, 1.54) is 5.56 Å². The molecule has 0 saturated heterocycles. The summed E-state index contributed by atoms with van der Waals surface area (Å²) in [5.74, 6) is 1.04. The molecule has 0 bridgehead atoms. The molecule has 16 heavy (non-hydrogen) atoms. The third-order valence-electron chi connectivity index (χ3n) is 2.83. The second-order valence-corrected chi connectivity index (χ2v) is 4.47. The maximum atomic E-state index is 5.75. The van der Waals surface area contributed by atoms with Crippen molar-refractivity contribution >= 4 is 0 Å². The highest BCUT2D eigenvalue weighted by Gasteiger charge is 2.09. The number of hydrogen-bond acceptors (Lipinski definition) is 2. The average Bonchev–Trinajstić information content (AvgIpc) is 2.27. The molecule has 0 aliphatic carbocycles. The SMILES string of the molecule is CCCOc1ccccc1CC(C)N(C)C. The number of likely N-dealkylation sites (N-methyl/N-ethyl adjacent to an activating group) is 1. The molecule has 0 N–H and O–H groups in total. The fourth-order valence-electron chi connectivity index (χ4n) is 1.53. The van der Waals surface area contributed by atoms with E-state index < -0.39 is 0 Å². The molecule has 1 atom stereocenters. The van der Waals surface area contributed by atoms with Crippen LogP contribution in [0.1, 0.15) is 25.8 Å². The topological polar surface area (TPSA) is 12.5 Å². The van der Waals surface area contributed by atoms with Gasteiger partial charge in [-0.05, 0) is 45.5 Å². The van der Waals surface area contributed by atoms with Crippen molar-refractivity contribution in [2.75, 3.05) is 20.7 Å². The maximum Gasteiger partial charge on any atom is 0.122 e. The Labute approximate surface area is 99.2 Å². The van der Waals surface area contributed by atoms with E-state index in [-0.39, 0.29) is 0 Å². The molecule has 0 spiro atoms. The first-order chi connectivity index (χ1) is 7.65. The van der Waals surface area contributed by atoms with Gasteiger partial charge in [0, 0.05) is 6.04 Å². The molecule has 0 amide bonds. The summed E-state index contributed by atoms with van der Waals surface area (Å²) in [4.78, 5) is 2.23. The summed E-state index contributed by atoms with van der Waals surface area (Å²) in [5, 5.41) is 0. The molecule has 0 aliphatic heterocycles. The van der Waals surface area contributed by atoms with E-state index >= 15 is 0 Å². The van der Waals surface area contributed by atoms with Gasteiger partial charge in [0.1, 0.15) is 5.75 Å². The quantitative estimate of drug-likeness (QED) is 0.732. The number of rotatable bonds is 6. The standard InChI is InChI=1S/C14H23NO/c1-5-10-16-14-9-7-6-8-13(14)11-12(2)15(3)4/h6-9,12H,5,10-11H2,1-4H3. The maximum absolute atomic E-state index is 5.75. The molecule has 1 aromatic carbocycles. The normalized spacial score (nSPS) is 12.8. The summed E-state index contributed by atoms with van der Waals surface area (Å²) >= 11 is 0. The molecule has 1 rings (SSSR count). The van der Waals surface area contributed by atoms with Crippen LogP contribution in [0.25, 0.3) is 0 Å². The lowest BCUT2D eigenvalue weighted by Crippen LogP contribution is -2.26. The van der Waals surface area contributed by atoms with Crippen LogP contribution in [-0.4, -0.2) is 31.6 Å². The van der Waals surface area contributed by atoms with Gasteiger partial charge in [-0.2, -0.15) is 0 Å². The molecule has 0 saturated carbocycles. The Hall–Kier alpha value is -1.02. The van der Waals surface area contributed by atoms with E-state index in [0.717, 1.165) is 25.2 Å². The fourth-order valence-corrected chi connectivity index (χ4v) is 1.53. The minimum Gasteiger partial charge on any atom is -0.493 e. The van der Waals surface area contributed by atoms with Crippen LogP contribution in [0.4, 0.5) is 0 Å². The van der Waals surface area contributed by atoms with Crippen LogP contribution in [0, 0.1) is 0 Å². The molecule has 0 radical (unpaired) electrons. The number of nitrogens with zero attached hydrogens (tertiary/aromatic N) is 1. The molecule has 0 fully saturated rings. The van der Waals surface area contributed by atoms with Crippen molar-refractivity contribution in [2.24, 2.45) is 0 Å². The highest BCUT2D eigenvalue weighted by molar-refractivity contribution is 5.33. The van der Waals surface area contributed by atoms with Crippen molar-refractivity contribution in [2.45, 2.75) is 32.7 Å². The van der Waals surface area contributed by atoms with E-state index in [9.17, 15) is 0 Å². The van der Waals surface area contributed by atoms with Gasteiger partial charge in [-0.3, -0.25) is 0 Å². The fraction of sp³-hybridized carbons (Fsp3) is 0.571. The summed E-state index contributed by atoms with van der Waals surface area (Å²) in [6, 6.07) is 8.87. The molecule has 90 valence electrons. The minimum atomic E-state index is 0.534. The van der Waals surface area contributed by atoms with Crippen LogP contribution in [0.2, 0.25) is 0 Å². The van der Waals surface area contributed by atoms with Gasteiger partial charge in [0.25, 0.3) is 0 Å². The highest BCUT2D eigenvalue weighted by atomic mass is 16.5. The average molecular weight is 221 g/mol. The predicted molar refractivity (Wildman–Crippen MR) is 69.1 cm³/mol. The number of ether oxygens (including phenoxy) is 1. The second kappa shape index (κ2) is 6.54. The van der Waals surface area contributed by atoms with Crippen molar-refractivity contribution in [3.8, 4) is 5.75 Å². The van der Waals surface area contributed by atoms with Gasteiger partial charge in [-0.25, -0.2) is 0 Å². The van der Waals surface area contributed by atoms with E-state index in [1.807, 2.05) is 6.07 Å². The number of benzene rings is 1. The van der Waals surface area contributed by atoms with Crippen LogP contribution in [0.5, 0.6) is 5.75 Å². The first kappa shape index (κ1) is 13.0. The lowest BCUT2D eigenvalue weighted by atomic mass is 10.1. The minimum absolute atomic E-state index is 0.534. The van der Waals surface area contributed by atoms with E-state index in [1.54, 1.807) is 0 Å². The van der Waals surface area contributed by atoms with Crippen LogP contribution in [-0.2, 0) is 6.42 Å². The van der Waals surface area contributed by atoms with Crippen molar-refractivity contribution < 1.29 is 4.74 Å². The van der Waals surface area contributed by atoms with Gasteiger partial charge < -0.3 is 9.64 Å². The smallest absolute Gasteiger partial charge is 0.122 e. The molecule has 2 nitrogen and oxygen atoms in total. The van der Waals surface area contributed by atoms with Crippen LogP contribution in [0.3, 0.4) is 0 Å². The van der Waals surface area contributed by atoms with Crippen molar-refractivity contribution in [3.63, 3.8) is 0 Å². The Morgan fingerprint density at radius 1 is 1.25 bits per heavy atom. The van der Waals surface area contributed by atoms with Crippen molar-refractivity contribution in [1.82, 2.24) is 4.90 Å². The Kier molecular flexibility index (Phi) is 5.33. The van der Waals surface area contributed by atoms with Gasteiger partial charge >= 0.3 is 0 Å². The molecule has 1 aromatic rings.